The highest BCUT2D eigenvalue weighted by atomic mass is 79.9. The molecule has 0 aliphatic carbocycles. The van der Waals surface area contributed by atoms with Crippen molar-refractivity contribution < 1.29 is 8.78 Å². The van der Waals surface area contributed by atoms with Crippen molar-refractivity contribution in [3.05, 3.63) is 69.2 Å². The summed E-state index contributed by atoms with van der Waals surface area (Å²) in [6.45, 7) is 0. The lowest BCUT2D eigenvalue weighted by atomic mass is 10.0. The van der Waals surface area contributed by atoms with Crippen LogP contribution in [-0.2, 0) is 6.42 Å². The highest BCUT2D eigenvalue weighted by molar-refractivity contribution is 9.09. The highest BCUT2D eigenvalue weighted by Gasteiger charge is 2.13. The van der Waals surface area contributed by atoms with Gasteiger partial charge in [0.05, 0.1) is 10.0 Å². The second-order valence-corrected chi connectivity index (χ2v) is 6.00. The van der Waals surface area contributed by atoms with E-state index < -0.39 is 11.6 Å². The molecule has 2 rings (SSSR count). The van der Waals surface area contributed by atoms with Gasteiger partial charge in [0.1, 0.15) is 11.6 Å². The summed E-state index contributed by atoms with van der Waals surface area (Å²) in [6, 6.07) is 8.79. The van der Waals surface area contributed by atoms with Crippen LogP contribution < -0.4 is 0 Å². The zero-order valence-electron chi connectivity index (χ0n) is 9.64. The van der Waals surface area contributed by atoms with Crippen molar-refractivity contribution in [2.45, 2.75) is 11.2 Å². The van der Waals surface area contributed by atoms with Crippen LogP contribution in [0.5, 0.6) is 0 Å². The number of halogens is 5. The van der Waals surface area contributed by atoms with E-state index >= 15 is 0 Å². The Bertz CT molecular complexity index is 602. The SMILES string of the molecule is Fc1ccc(CC(Br)c2ccc(Cl)c(Cl)c2)c(F)c1. The molecule has 0 aromatic heterocycles. The molecular formula is C14H9BrCl2F2. The molecule has 0 nitrogen and oxygen atoms in total. The molecule has 2 aromatic rings. The molecule has 19 heavy (non-hydrogen) atoms. The minimum atomic E-state index is -0.582. The smallest absolute Gasteiger partial charge is 0.129 e. The van der Waals surface area contributed by atoms with Crippen LogP contribution in [0.25, 0.3) is 0 Å². The predicted molar refractivity (Wildman–Crippen MR) is 78.2 cm³/mol. The Balaban J connectivity index is 2.20. The van der Waals surface area contributed by atoms with Crippen molar-refractivity contribution in [1.29, 1.82) is 0 Å². The van der Waals surface area contributed by atoms with Crippen LogP contribution in [-0.4, -0.2) is 0 Å². The standard InChI is InChI=1S/C14H9BrCl2F2/c15-11(8-2-4-12(16)13(17)6-8)5-9-1-3-10(18)7-14(9)19/h1-4,6-7,11H,5H2. The van der Waals surface area contributed by atoms with Gasteiger partial charge < -0.3 is 0 Å². The van der Waals surface area contributed by atoms with Crippen molar-refractivity contribution >= 4 is 39.1 Å². The van der Waals surface area contributed by atoms with Crippen LogP contribution in [0.4, 0.5) is 8.78 Å². The van der Waals surface area contributed by atoms with Crippen LogP contribution in [0.3, 0.4) is 0 Å². The van der Waals surface area contributed by atoms with Gasteiger partial charge in [-0.2, -0.15) is 0 Å². The van der Waals surface area contributed by atoms with E-state index in [0.717, 1.165) is 11.6 Å². The monoisotopic (exact) mass is 364 g/mol. The maximum Gasteiger partial charge on any atom is 0.129 e. The van der Waals surface area contributed by atoms with Gasteiger partial charge in [-0.25, -0.2) is 8.78 Å². The minimum Gasteiger partial charge on any atom is -0.207 e. The fraction of sp³-hybridized carbons (Fsp3) is 0.143. The zero-order valence-corrected chi connectivity index (χ0v) is 12.7. The summed E-state index contributed by atoms with van der Waals surface area (Å²) in [5, 5.41) is 0.918. The molecule has 0 radical (unpaired) electrons. The largest absolute Gasteiger partial charge is 0.207 e. The third-order valence-electron chi connectivity index (χ3n) is 2.72. The summed E-state index contributed by atoms with van der Waals surface area (Å²) in [4.78, 5) is -0.123. The van der Waals surface area contributed by atoms with Gasteiger partial charge in [0.15, 0.2) is 0 Å². The van der Waals surface area contributed by atoms with E-state index in [1.807, 2.05) is 6.07 Å². The van der Waals surface area contributed by atoms with Gasteiger partial charge in [-0.05, 0) is 35.7 Å². The molecule has 100 valence electrons. The third kappa shape index (κ3) is 3.68. The number of alkyl halides is 1. The summed E-state index contributed by atoms with van der Waals surface area (Å²) in [6.07, 6.45) is 0.393. The average molecular weight is 366 g/mol. The molecule has 0 fully saturated rings. The van der Waals surface area contributed by atoms with Gasteiger partial charge in [-0.3, -0.25) is 0 Å². The molecule has 0 heterocycles. The average Bonchev–Trinajstić information content (AvgIpc) is 2.36. The van der Waals surface area contributed by atoms with Crippen LogP contribution in [0, 0.1) is 11.6 Å². The second kappa shape index (κ2) is 6.21. The first kappa shape index (κ1) is 14.8. The Hall–Kier alpha value is -0.640. The molecule has 1 unspecified atom stereocenters. The second-order valence-electron chi connectivity index (χ2n) is 4.08. The molecule has 0 N–H and O–H groups in total. The maximum atomic E-state index is 13.6. The van der Waals surface area contributed by atoms with Crippen molar-refractivity contribution in [2.24, 2.45) is 0 Å². The van der Waals surface area contributed by atoms with E-state index in [1.54, 1.807) is 12.1 Å². The Kier molecular flexibility index (Phi) is 4.82. The molecule has 0 saturated heterocycles. The summed E-state index contributed by atoms with van der Waals surface area (Å²) >= 11 is 15.2. The fourth-order valence-corrected chi connectivity index (χ4v) is 2.65. The van der Waals surface area contributed by atoms with Crippen molar-refractivity contribution in [2.75, 3.05) is 0 Å². The maximum absolute atomic E-state index is 13.6. The first-order chi connectivity index (χ1) is 8.97. The van der Waals surface area contributed by atoms with E-state index in [0.29, 0.717) is 22.0 Å². The molecule has 0 spiro atoms. The third-order valence-corrected chi connectivity index (χ3v) is 4.31. The molecule has 0 amide bonds. The summed E-state index contributed by atoms with van der Waals surface area (Å²) < 4.78 is 26.4. The highest BCUT2D eigenvalue weighted by Crippen LogP contribution is 2.32. The van der Waals surface area contributed by atoms with E-state index in [1.165, 1.54) is 12.1 Å². The topological polar surface area (TPSA) is 0 Å². The van der Waals surface area contributed by atoms with Gasteiger partial charge in [0, 0.05) is 10.9 Å². The Morgan fingerprint density at radius 2 is 1.74 bits per heavy atom. The van der Waals surface area contributed by atoms with Gasteiger partial charge in [0.25, 0.3) is 0 Å². The Morgan fingerprint density at radius 1 is 1.00 bits per heavy atom. The molecule has 0 aliphatic rings. The molecule has 0 aliphatic heterocycles. The first-order valence-electron chi connectivity index (χ1n) is 5.50. The van der Waals surface area contributed by atoms with Crippen LogP contribution in [0.15, 0.2) is 36.4 Å². The van der Waals surface area contributed by atoms with E-state index in [4.69, 9.17) is 23.2 Å². The summed E-state index contributed by atoms with van der Waals surface area (Å²) in [5.41, 5.74) is 1.33. The van der Waals surface area contributed by atoms with Crippen LogP contribution in [0.1, 0.15) is 16.0 Å². The Morgan fingerprint density at radius 3 is 2.37 bits per heavy atom. The van der Waals surface area contributed by atoms with Gasteiger partial charge in [0.2, 0.25) is 0 Å². The minimum absolute atomic E-state index is 0.123. The lowest BCUT2D eigenvalue weighted by Crippen LogP contribution is -1.99. The van der Waals surface area contributed by atoms with Crippen molar-refractivity contribution in [3.63, 3.8) is 0 Å². The molecule has 0 saturated carbocycles. The Labute approximate surface area is 128 Å². The van der Waals surface area contributed by atoms with Gasteiger partial charge in [-0.15, -0.1) is 0 Å². The summed E-state index contributed by atoms with van der Waals surface area (Å²) in [7, 11) is 0. The first-order valence-corrected chi connectivity index (χ1v) is 7.17. The van der Waals surface area contributed by atoms with E-state index in [2.05, 4.69) is 15.9 Å². The molecular weight excluding hydrogens is 357 g/mol. The normalized spacial score (nSPS) is 12.5. The van der Waals surface area contributed by atoms with Crippen molar-refractivity contribution in [1.82, 2.24) is 0 Å². The predicted octanol–water partition coefficient (Wildman–Crippen LogP) is 5.95. The van der Waals surface area contributed by atoms with Gasteiger partial charge in [-0.1, -0.05) is 51.3 Å². The lowest BCUT2D eigenvalue weighted by molar-refractivity contribution is 0.571. The summed E-state index contributed by atoms with van der Waals surface area (Å²) in [5.74, 6) is -1.13. The van der Waals surface area contributed by atoms with Crippen LogP contribution in [0.2, 0.25) is 10.0 Å². The zero-order chi connectivity index (χ0) is 14.0. The van der Waals surface area contributed by atoms with E-state index in [-0.39, 0.29) is 4.83 Å². The van der Waals surface area contributed by atoms with Crippen molar-refractivity contribution in [3.8, 4) is 0 Å². The number of hydrogen-bond donors (Lipinski definition) is 0. The molecule has 1 atom stereocenters. The number of rotatable bonds is 3. The number of benzene rings is 2. The number of hydrogen-bond acceptors (Lipinski definition) is 0. The van der Waals surface area contributed by atoms with E-state index in [9.17, 15) is 8.78 Å². The molecule has 2 aromatic carbocycles. The molecule has 5 heteroatoms. The lowest BCUT2D eigenvalue weighted by Gasteiger charge is -2.12. The van der Waals surface area contributed by atoms with Gasteiger partial charge >= 0.3 is 0 Å². The fourth-order valence-electron chi connectivity index (χ4n) is 1.71. The molecule has 0 bridgehead atoms. The quantitative estimate of drug-likeness (QED) is 0.589. The van der Waals surface area contributed by atoms with Crippen LogP contribution >= 0.6 is 39.1 Å².